The van der Waals surface area contributed by atoms with Gasteiger partial charge < -0.3 is 10.4 Å². The van der Waals surface area contributed by atoms with Gasteiger partial charge in [-0.1, -0.05) is 19.1 Å². The largest absolute Gasteiger partial charge is 0.507 e. The van der Waals surface area contributed by atoms with Crippen LogP contribution in [0.5, 0.6) is 5.75 Å². The van der Waals surface area contributed by atoms with Crippen LogP contribution in [0.25, 0.3) is 0 Å². The third-order valence-corrected chi connectivity index (χ3v) is 3.27. The average molecular weight is 205 g/mol. The van der Waals surface area contributed by atoms with Crippen LogP contribution in [0.2, 0.25) is 0 Å². The molecule has 2 rings (SSSR count). The maximum Gasteiger partial charge on any atom is 0.121 e. The molecule has 0 spiro atoms. The van der Waals surface area contributed by atoms with Crippen molar-refractivity contribution in [2.75, 3.05) is 6.54 Å². The second kappa shape index (κ2) is 3.86. The summed E-state index contributed by atoms with van der Waals surface area (Å²) in [6.07, 6.45) is 1.20. The molecular weight excluding hydrogens is 186 g/mol. The highest BCUT2D eigenvalue weighted by Gasteiger charge is 2.22. The molecule has 15 heavy (non-hydrogen) atoms. The molecule has 2 unspecified atom stereocenters. The summed E-state index contributed by atoms with van der Waals surface area (Å²) in [6, 6.07) is 4.66. The van der Waals surface area contributed by atoms with Gasteiger partial charge in [-0.3, -0.25) is 0 Å². The molecule has 1 saturated heterocycles. The molecule has 0 amide bonds. The van der Waals surface area contributed by atoms with E-state index in [2.05, 4.69) is 24.4 Å². The summed E-state index contributed by atoms with van der Waals surface area (Å²) in [7, 11) is 0. The molecule has 0 aliphatic carbocycles. The summed E-state index contributed by atoms with van der Waals surface area (Å²) < 4.78 is 0. The maximum atomic E-state index is 9.71. The molecule has 82 valence electrons. The molecule has 0 aromatic heterocycles. The van der Waals surface area contributed by atoms with E-state index in [0.29, 0.717) is 11.8 Å². The summed E-state index contributed by atoms with van der Waals surface area (Å²) in [5, 5.41) is 13.2. The van der Waals surface area contributed by atoms with Crippen LogP contribution in [0.4, 0.5) is 0 Å². The van der Waals surface area contributed by atoms with Gasteiger partial charge in [0, 0.05) is 6.04 Å². The highest BCUT2D eigenvalue weighted by atomic mass is 16.3. The SMILES string of the molecule is Cc1cc(C2CC(C)CN2)cc(C)c1O. The highest BCUT2D eigenvalue weighted by Crippen LogP contribution is 2.31. The zero-order chi connectivity index (χ0) is 11.0. The molecule has 1 aromatic rings. The number of rotatable bonds is 1. The molecule has 2 nitrogen and oxygen atoms in total. The molecule has 1 aromatic carbocycles. The third kappa shape index (κ3) is 2.00. The van der Waals surface area contributed by atoms with Gasteiger partial charge in [-0.15, -0.1) is 0 Å². The van der Waals surface area contributed by atoms with Gasteiger partial charge in [0.2, 0.25) is 0 Å². The van der Waals surface area contributed by atoms with Crippen molar-refractivity contribution in [3.8, 4) is 5.75 Å². The van der Waals surface area contributed by atoms with Crippen LogP contribution in [0.1, 0.15) is 36.1 Å². The number of hydrogen-bond donors (Lipinski definition) is 2. The van der Waals surface area contributed by atoms with Crippen molar-refractivity contribution in [3.63, 3.8) is 0 Å². The van der Waals surface area contributed by atoms with Crippen molar-refractivity contribution in [1.29, 1.82) is 0 Å². The minimum absolute atomic E-state index is 0.435. The predicted octanol–water partition coefficient (Wildman–Crippen LogP) is 2.68. The number of aryl methyl sites for hydroxylation is 2. The third-order valence-electron chi connectivity index (χ3n) is 3.27. The van der Waals surface area contributed by atoms with Crippen molar-refractivity contribution < 1.29 is 5.11 Å². The van der Waals surface area contributed by atoms with Crippen molar-refractivity contribution in [3.05, 3.63) is 28.8 Å². The molecule has 2 N–H and O–H groups in total. The van der Waals surface area contributed by atoms with Gasteiger partial charge in [0.25, 0.3) is 0 Å². The molecule has 0 bridgehead atoms. The Hall–Kier alpha value is -1.02. The Morgan fingerprint density at radius 2 is 1.87 bits per heavy atom. The summed E-state index contributed by atoms with van der Waals surface area (Å²) in [5.74, 6) is 1.19. The standard InChI is InChI=1S/C13H19NO/c1-8-4-12(14-7-8)11-5-9(2)13(15)10(3)6-11/h5-6,8,12,14-15H,4,7H2,1-3H3. The van der Waals surface area contributed by atoms with Crippen molar-refractivity contribution in [2.45, 2.75) is 33.2 Å². The monoisotopic (exact) mass is 205 g/mol. The first-order chi connectivity index (χ1) is 7.08. The topological polar surface area (TPSA) is 32.3 Å². The van der Waals surface area contributed by atoms with Gasteiger partial charge in [-0.2, -0.15) is 0 Å². The van der Waals surface area contributed by atoms with Crippen LogP contribution in [0.15, 0.2) is 12.1 Å². The average Bonchev–Trinajstić information content (AvgIpc) is 2.60. The molecular formula is C13H19NO. The van der Waals surface area contributed by atoms with E-state index >= 15 is 0 Å². The van der Waals surface area contributed by atoms with Gasteiger partial charge in [0.1, 0.15) is 5.75 Å². The fourth-order valence-corrected chi connectivity index (χ4v) is 2.36. The first kappa shape index (κ1) is 10.5. The van der Waals surface area contributed by atoms with Crippen molar-refractivity contribution >= 4 is 0 Å². The number of phenols is 1. The molecule has 2 atom stereocenters. The van der Waals surface area contributed by atoms with Crippen molar-refractivity contribution in [2.24, 2.45) is 5.92 Å². The lowest BCUT2D eigenvalue weighted by molar-refractivity contribution is 0.466. The molecule has 1 heterocycles. The van der Waals surface area contributed by atoms with Crippen molar-refractivity contribution in [1.82, 2.24) is 5.32 Å². The zero-order valence-electron chi connectivity index (χ0n) is 9.67. The minimum Gasteiger partial charge on any atom is -0.507 e. The quantitative estimate of drug-likeness (QED) is 0.738. The molecule has 1 aliphatic rings. The lowest BCUT2D eigenvalue weighted by Gasteiger charge is -2.14. The number of aromatic hydroxyl groups is 1. The van der Waals surface area contributed by atoms with E-state index in [9.17, 15) is 5.11 Å². The fraction of sp³-hybridized carbons (Fsp3) is 0.538. The lowest BCUT2D eigenvalue weighted by Crippen LogP contribution is -2.13. The first-order valence-corrected chi connectivity index (χ1v) is 5.61. The van der Waals surface area contributed by atoms with Crippen LogP contribution < -0.4 is 5.32 Å². The molecule has 1 fully saturated rings. The Kier molecular flexibility index (Phi) is 2.70. The van der Waals surface area contributed by atoms with E-state index in [1.165, 1.54) is 12.0 Å². The number of nitrogens with one attached hydrogen (secondary N) is 1. The van der Waals surface area contributed by atoms with E-state index < -0.39 is 0 Å². The van der Waals surface area contributed by atoms with Crippen LogP contribution in [-0.4, -0.2) is 11.7 Å². The fourth-order valence-electron chi connectivity index (χ4n) is 2.36. The molecule has 1 aliphatic heterocycles. The maximum absolute atomic E-state index is 9.71. The van der Waals surface area contributed by atoms with Crippen LogP contribution in [-0.2, 0) is 0 Å². The second-order valence-corrected chi connectivity index (χ2v) is 4.81. The van der Waals surface area contributed by atoms with E-state index in [1.807, 2.05) is 13.8 Å². The number of phenolic OH excluding ortho intramolecular Hbond substituents is 1. The summed E-state index contributed by atoms with van der Waals surface area (Å²) in [5.41, 5.74) is 3.27. The highest BCUT2D eigenvalue weighted by molar-refractivity contribution is 5.43. The number of benzene rings is 1. The molecule has 0 saturated carbocycles. The van der Waals surface area contributed by atoms with E-state index in [-0.39, 0.29) is 0 Å². The van der Waals surface area contributed by atoms with Gasteiger partial charge in [0.15, 0.2) is 0 Å². The zero-order valence-corrected chi connectivity index (χ0v) is 9.67. The first-order valence-electron chi connectivity index (χ1n) is 5.61. The Balaban J connectivity index is 2.29. The lowest BCUT2D eigenvalue weighted by atomic mass is 9.97. The summed E-state index contributed by atoms with van der Waals surface area (Å²) >= 11 is 0. The number of hydrogen-bond acceptors (Lipinski definition) is 2. The Morgan fingerprint density at radius 1 is 1.27 bits per heavy atom. The van der Waals surface area contributed by atoms with E-state index in [0.717, 1.165) is 23.6 Å². The second-order valence-electron chi connectivity index (χ2n) is 4.81. The Morgan fingerprint density at radius 3 is 2.33 bits per heavy atom. The summed E-state index contributed by atoms with van der Waals surface area (Å²) in [4.78, 5) is 0. The smallest absolute Gasteiger partial charge is 0.121 e. The Labute approximate surface area is 91.3 Å². The van der Waals surface area contributed by atoms with Crippen LogP contribution >= 0.6 is 0 Å². The van der Waals surface area contributed by atoms with Gasteiger partial charge >= 0.3 is 0 Å². The predicted molar refractivity (Wildman–Crippen MR) is 62.1 cm³/mol. The summed E-state index contributed by atoms with van der Waals surface area (Å²) in [6.45, 7) is 7.30. The van der Waals surface area contributed by atoms with Crippen LogP contribution in [0.3, 0.4) is 0 Å². The van der Waals surface area contributed by atoms with Gasteiger partial charge in [-0.05, 0) is 49.4 Å². The van der Waals surface area contributed by atoms with Crippen LogP contribution in [0, 0.1) is 19.8 Å². The van der Waals surface area contributed by atoms with E-state index in [1.54, 1.807) is 0 Å². The molecule has 2 heteroatoms. The van der Waals surface area contributed by atoms with Gasteiger partial charge in [-0.25, -0.2) is 0 Å². The van der Waals surface area contributed by atoms with E-state index in [4.69, 9.17) is 0 Å². The normalized spacial score (nSPS) is 25.8. The van der Waals surface area contributed by atoms with Gasteiger partial charge in [0.05, 0.1) is 0 Å². The Bertz CT molecular complexity index is 350. The molecule has 0 radical (unpaired) electrons. The minimum atomic E-state index is 0.435.